The third-order valence-corrected chi connectivity index (χ3v) is 1.19. The van der Waals surface area contributed by atoms with Gasteiger partial charge in [-0.3, -0.25) is 9.59 Å². The Morgan fingerprint density at radius 1 is 1.54 bits per heavy atom. The fraction of sp³-hybridized carbons (Fsp3) is 0.333. The summed E-state index contributed by atoms with van der Waals surface area (Å²) in [5, 5.41) is 8.26. The van der Waals surface area contributed by atoms with Gasteiger partial charge in [0.15, 0.2) is 0 Å². The van der Waals surface area contributed by atoms with E-state index in [4.69, 9.17) is 9.84 Å². The number of allylic oxidation sites excluding steroid dienone is 3. The third-order valence-electron chi connectivity index (χ3n) is 1.19. The van der Waals surface area contributed by atoms with E-state index < -0.39 is 18.4 Å². The van der Waals surface area contributed by atoms with E-state index in [0.717, 1.165) is 0 Å². The number of carbonyl (C=O) groups excluding carboxylic acids is 1. The Morgan fingerprint density at radius 3 is 2.54 bits per heavy atom. The van der Waals surface area contributed by atoms with E-state index in [9.17, 15) is 9.59 Å². The summed E-state index contributed by atoms with van der Waals surface area (Å²) in [6.07, 6.45) is 2.92. The van der Waals surface area contributed by atoms with E-state index in [1.165, 1.54) is 12.2 Å². The average molecular weight is 184 g/mol. The second-order valence-corrected chi connectivity index (χ2v) is 2.27. The first-order chi connectivity index (χ1) is 6.10. The molecule has 1 N–H and O–H groups in total. The van der Waals surface area contributed by atoms with Crippen molar-refractivity contribution in [1.29, 1.82) is 0 Å². The number of aliphatic carboxylic acids is 1. The summed E-state index contributed by atoms with van der Waals surface area (Å²) in [6.45, 7) is 5.23. The quantitative estimate of drug-likeness (QED) is 0.304. The summed E-state index contributed by atoms with van der Waals surface area (Å²) in [4.78, 5) is 20.9. The molecule has 0 spiro atoms. The molecule has 0 aromatic rings. The van der Waals surface area contributed by atoms with Gasteiger partial charge in [-0.2, -0.15) is 0 Å². The zero-order valence-electron chi connectivity index (χ0n) is 7.45. The Bertz CT molecular complexity index is 240. The van der Waals surface area contributed by atoms with Crippen LogP contribution in [0.5, 0.6) is 0 Å². The molecule has 0 bridgehead atoms. The summed E-state index contributed by atoms with van der Waals surface area (Å²) >= 11 is 0. The van der Waals surface area contributed by atoms with E-state index in [0.29, 0.717) is 12.2 Å². The van der Waals surface area contributed by atoms with Crippen molar-refractivity contribution in [2.75, 3.05) is 0 Å². The number of rotatable bonds is 5. The van der Waals surface area contributed by atoms with Gasteiger partial charge >= 0.3 is 11.9 Å². The van der Waals surface area contributed by atoms with E-state index in [1.807, 2.05) is 0 Å². The summed E-state index contributed by atoms with van der Waals surface area (Å²) in [5.41, 5.74) is 0. The largest absolute Gasteiger partial charge is 0.481 e. The number of hydrogen-bond donors (Lipinski definition) is 1. The molecule has 0 fully saturated rings. The number of hydrogen-bond acceptors (Lipinski definition) is 3. The molecule has 0 saturated heterocycles. The smallest absolute Gasteiger partial charge is 0.322 e. The first kappa shape index (κ1) is 11.4. The Balaban J connectivity index is 4.09. The van der Waals surface area contributed by atoms with Crippen molar-refractivity contribution in [2.45, 2.75) is 19.8 Å². The molecule has 13 heavy (non-hydrogen) atoms. The molecule has 0 rings (SSSR count). The standard InChI is InChI=1S/C9H12O4/c1-3-5-7(4-2)13-9(12)6-8(10)11/h3,5H,1,4,6H2,2H3,(H,10,11). The van der Waals surface area contributed by atoms with Gasteiger partial charge in [-0.25, -0.2) is 0 Å². The highest BCUT2D eigenvalue weighted by Gasteiger charge is 2.09. The van der Waals surface area contributed by atoms with Crippen molar-refractivity contribution >= 4 is 11.9 Å². The zero-order valence-corrected chi connectivity index (χ0v) is 7.45. The van der Waals surface area contributed by atoms with Gasteiger partial charge in [0.05, 0.1) is 0 Å². The molecule has 0 aliphatic heterocycles. The maximum Gasteiger partial charge on any atom is 0.322 e. The lowest BCUT2D eigenvalue weighted by Crippen LogP contribution is -2.09. The van der Waals surface area contributed by atoms with Crippen molar-refractivity contribution in [2.24, 2.45) is 0 Å². The van der Waals surface area contributed by atoms with Gasteiger partial charge in [-0.15, -0.1) is 0 Å². The summed E-state index contributed by atoms with van der Waals surface area (Å²) < 4.78 is 4.72. The molecule has 0 saturated carbocycles. The van der Waals surface area contributed by atoms with Crippen LogP contribution >= 0.6 is 0 Å². The lowest BCUT2D eigenvalue weighted by Gasteiger charge is -2.03. The van der Waals surface area contributed by atoms with E-state index in [1.54, 1.807) is 6.92 Å². The van der Waals surface area contributed by atoms with Crippen molar-refractivity contribution in [3.8, 4) is 0 Å². The lowest BCUT2D eigenvalue weighted by molar-refractivity contribution is -0.148. The topological polar surface area (TPSA) is 63.6 Å². The first-order valence-corrected chi connectivity index (χ1v) is 3.84. The van der Waals surface area contributed by atoms with Crippen LogP contribution in [-0.2, 0) is 14.3 Å². The van der Waals surface area contributed by atoms with Crippen LogP contribution in [0.4, 0.5) is 0 Å². The molecule has 0 aromatic heterocycles. The van der Waals surface area contributed by atoms with Crippen LogP contribution in [0.2, 0.25) is 0 Å². The first-order valence-electron chi connectivity index (χ1n) is 3.84. The van der Waals surface area contributed by atoms with Crippen molar-refractivity contribution < 1.29 is 19.4 Å². The minimum atomic E-state index is -1.20. The van der Waals surface area contributed by atoms with Crippen molar-refractivity contribution in [1.82, 2.24) is 0 Å². The molecule has 4 heteroatoms. The Morgan fingerprint density at radius 2 is 2.15 bits per heavy atom. The van der Waals surface area contributed by atoms with Gasteiger partial charge in [0, 0.05) is 6.42 Å². The summed E-state index contributed by atoms with van der Waals surface area (Å²) in [6, 6.07) is 0. The molecule has 4 nitrogen and oxygen atoms in total. The molecule has 0 heterocycles. The van der Waals surface area contributed by atoms with Gasteiger partial charge in [-0.05, 0) is 6.08 Å². The number of carbonyl (C=O) groups is 2. The van der Waals surface area contributed by atoms with Crippen LogP contribution in [0.25, 0.3) is 0 Å². The Kier molecular flexibility index (Phi) is 5.27. The minimum absolute atomic E-state index is 0.418. The predicted molar refractivity (Wildman–Crippen MR) is 46.9 cm³/mol. The highest BCUT2D eigenvalue weighted by atomic mass is 16.5. The molecule has 0 amide bonds. The molecular formula is C9H12O4. The molecule has 0 aliphatic carbocycles. The monoisotopic (exact) mass is 184 g/mol. The number of esters is 1. The van der Waals surface area contributed by atoms with Crippen LogP contribution < -0.4 is 0 Å². The minimum Gasteiger partial charge on any atom is -0.481 e. The lowest BCUT2D eigenvalue weighted by atomic mass is 10.3. The molecule has 0 aliphatic rings. The Hall–Kier alpha value is -1.58. The second-order valence-electron chi connectivity index (χ2n) is 2.27. The third kappa shape index (κ3) is 5.66. The van der Waals surface area contributed by atoms with E-state index in [-0.39, 0.29) is 0 Å². The molecule has 0 atom stereocenters. The highest BCUT2D eigenvalue weighted by molar-refractivity contribution is 5.90. The van der Waals surface area contributed by atoms with Crippen LogP contribution in [0.15, 0.2) is 24.5 Å². The van der Waals surface area contributed by atoms with Gasteiger partial charge in [0.1, 0.15) is 12.2 Å². The molecule has 0 aromatic carbocycles. The molecular weight excluding hydrogens is 172 g/mol. The molecule has 72 valence electrons. The number of ether oxygens (including phenoxy) is 1. The van der Waals surface area contributed by atoms with Crippen LogP contribution in [0.1, 0.15) is 19.8 Å². The SMILES string of the molecule is C=CC=C(CC)OC(=O)CC(=O)O. The fourth-order valence-corrected chi connectivity index (χ4v) is 0.661. The maximum atomic E-state index is 10.8. The van der Waals surface area contributed by atoms with E-state index >= 15 is 0 Å². The number of carboxylic acid groups (broad SMARTS) is 1. The maximum absolute atomic E-state index is 10.8. The van der Waals surface area contributed by atoms with Crippen LogP contribution in [-0.4, -0.2) is 17.0 Å². The van der Waals surface area contributed by atoms with Gasteiger partial charge < -0.3 is 9.84 Å². The van der Waals surface area contributed by atoms with Gasteiger partial charge in [0.25, 0.3) is 0 Å². The predicted octanol–water partition coefficient (Wildman–Crippen LogP) is 1.48. The normalized spacial score (nSPS) is 10.7. The summed E-state index contributed by atoms with van der Waals surface area (Å²) in [5.74, 6) is -1.54. The highest BCUT2D eigenvalue weighted by Crippen LogP contribution is 2.04. The average Bonchev–Trinajstić information content (AvgIpc) is 2.02. The van der Waals surface area contributed by atoms with Gasteiger partial charge in [-0.1, -0.05) is 19.6 Å². The van der Waals surface area contributed by atoms with Crippen molar-refractivity contribution in [3.63, 3.8) is 0 Å². The number of carboxylic acids is 1. The fourth-order valence-electron chi connectivity index (χ4n) is 0.661. The van der Waals surface area contributed by atoms with Crippen LogP contribution in [0, 0.1) is 0 Å². The van der Waals surface area contributed by atoms with Gasteiger partial charge in [0.2, 0.25) is 0 Å². The zero-order chi connectivity index (χ0) is 10.3. The molecule has 0 radical (unpaired) electrons. The molecule has 0 unspecified atom stereocenters. The van der Waals surface area contributed by atoms with Crippen molar-refractivity contribution in [3.05, 3.63) is 24.5 Å². The van der Waals surface area contributed by atoms with E-state index in [2.05, 4.69) is 6.58 Å². The second kappa shape index (κ2) is 5.99. The van der Waals surface area contributed by atoms with Crippen LogP contribution in [0.3, 0.4) is 0 Å². The summed E-state index contributed by atoms with van der Waals surface area (Å²) in [7, 11) is 0. The Labute approximate surface area is 76.5 Å².